The average Bonchev–Trinajstić information content (AvgIpc) is 2.57. The van der Waals surface area contributed by atoms with Crippen LogP contribution in [0.15, 0.2) is 48.0 Å². The highest BCUT2D eigenvalue weighted by atomic mass is 35.5. The van der Waals surface area contributed by atoms with Gasteiger partial charge < -0.3 is 10.1 Å². The minimum absolute atomic E-state index is 0.00280. The molecule has 24 heavy (non-hydrogen) atoms. The average molecular weight is 341 g/mol. The zero-order valence-corrected chi connectivity index (χ0v) is 14.2. The molecule has 0 unspecified atom stereocenters. The molecule has 0 atom stereocenters. The predicted molar refractivity (Wildman–Crippen MR) is 96.0 cm³/mol. The van der Waals surface area contributed by atoms with E-state index in [1.165, 1.54) is 6.08 Å². The minimum Gasteiger partial charge on any atom is -0.494 e. The minimum atomic E-state index is -0.482. The standard InChI is InChI=1S/C19H17ClN2O2/c1-3-24-16-7-4-6-14(11-16)10-15(12-21)19(23)22-18-9-5-8-17(20)13(18)2/h4-11H,3H2,1-2H3,(H,22,23)/b15-10+. The van der Waals surface area contributed by atoms with Gasteiger partial charge in [0.25, 0.3) is 5.91 Å². The van der Waals surface area contributed by atoms with Crippen LogP contribution in [0, 0.1) is 18.3 Å². The van der Waals surface area contributed by atoms with Crippen LogP contribution in [0.2, 0.25) is 5.02 Å². The first-order chi connectivity index (χ1) is 11.5. The zero-order valence-electron chi connectivity index (χ0n) is 13.5. The number of benzene rings is 2. The van der Waals surface area contributed by atoms with Gasteiger partial charge in [0.05, 0.1) is 6.61 Å². The molecule has 0 radical (unpaired) electrons. The number of carbonyl (C=O) groups excluding carboxylic acids is 1. The highest BCUT2D eigenvalue weighted by Gasteiger charge is 2.12. The Morgan fingerprint density at radius 3 is 2.79 bits per heavy atom. The van der Waals surface area contributed by atoms with Gasteiger partial charge in [0, 0.05) is 10.7 Å². The normalized spacial score (nSPS) is 10.8. The van der Waals surface area contributed by atoms with Crippen molar-refractivity contribution >= 4 is 29.3 Å². The van der Waals surface area contributed by atoms with E-state index in [9.17, 15) is 10.1 Å². The second-order valence-corrected chi connectivity index (χ2v) is 5.45. The number of nitrogens with one attached hydrogen (secondary N) is 1. The molecular weight excluding hydrogens is 324 g/mol. The summed E-state index contributed by atoms with van der Waals surface area (Å²) in [4.78, 5) is 12.3. The van der Waals surface area contributed by atoms with E-state index in [1.807, 2.05) is 25.1 Å². The van der Waals surface area contributed by atoms with Crippen molar-refractivity contribution in [3.8, 4) is 11.8 Å². The molecule has 2 aromatic carbocycles. The molecule has 0 heterocycles. The number of rotatable bonds is 5. The van der Waals surface area contributed by atoms with Crippen molar-refractivity contribution in [1.29, 1.82) is 5.26 Å². The van der Waals surface area contributed by atoms with Crippen molar-refractivity contribution in [3.63, 3.8) is 0 Å². The number of nitriles is 1. The Morgan fingerprint density at radius 1 is 1.33 bits per heavy atom. The molecule has 1 amide bonds. The van der Waals surface area contributed by atoms with Crippen LogP contribution in [-0.4, -0.2) is 12.5 Å². The lowest BCUT2D eigenvalue weighted by Gasteiger charge is -2.09. The van der Waals surface area contributed by atoms with Crippen LogP contribution < -0.4 is 10.1 Å². The van der Waals surface area contributed by atoms with Gasteiger partial charge in [-0.05, 0) is 55.3 Å². The van der Waals surface area contributed by atoms with Crippen molar-refractivity contribution in [2.45, 2.75) is 13.8 Å². The molecule has 4 nitrogen and oxygen atoms in total. The van der Waals surface area contributed by atoms with Crippen molar-refractivity contribution in [3.05, 3.63) is 64.2 Å². The zero-order chi connectivity index (χ0) is 17.5. The van der Waals surface area contributed by atoms with Crippen LogP contribution in [-0.2, 0) is 4.79 Å². The molecule has 0 saturated heterocycles. The van der Waals surface area contributed by atoms with Crippen molar-refractivity contribution in [2.75, 3.05) is 11.9 Å². The number of nitrogens with zero attached hydrogens (tertiary/aromatic N) is 1. The fourth-order valence-electron chi connectivity index (χ4n) is 2.11. The Morgan fingerprint density at radius 2 is 2.08 bits per heavy atom. The molecule has 0 bridgehead atoms. The summed E-state index contributed by atoms with van der Waals surface area (Å²) in [5, 5.41) is 12.6. The Labute approximate surface area is 146 Å². The van der Waals surface area contributed by atoms with E-state index in [-0.39, 0.29) is 5.57 Å². The number of carbonyl (C=O) groups is 1. The molecule has 0 fully saturated rings. The Bertz CT molecular complexity index is 822. The molecule has 2 aromatic rings. The van der Waals surface area contributed by atoms with Gasteiger partial charge in [-0.3, -0.25) is 4.79 Å². The SMILES string of the molecule is CCOc1cccc(/C=C(\C#N)C(=O)Nc2cccc(Cl)c2C)c1. The molecule has 0 aliphatic rings. The van der Waals surface area contributed by atoms with Crippen LogP contribution in [0.4, 0.5) is 5.69 Å². The van der Waals surface area contributed by atoms with Crippen LogP contribution in [0.3, 0.4) is 0 Å². The fraction of sp³-hybridized carbons (Fsp3) is 0.158. The molecule has 0 aromatic heterocycles. The van der Waals surface area contributed by atoms with Crippen LogP contribution in [0.5, 0.6) is 5.75 Å². The molecule has 0 spiro atoms. The number of hydrogen-bond donors (Lipinski definition) is 1. The number of hydrogen-bond acceptors (Lipinski definition) is 3. The van der Waals surface area contributed by atoms with E-state index < -0.39 is 5.91 Å². The molecular formula is C19H17ClN2O2. The summed E-state index contributed by atoms with van der Waals surface area (Å²) >= 11 is 6.04. The summed E-state index contributed by atoms with van der Waals surface area (Å²) in [6.07, 6.45) is 1.53. The molecule has 122 valence electrons. The maximum absolute atomic E-state index is 12.3. The van der Waals surface area contributed by atoms with Crippen molar-refractivity contribution in [2.24, 2.45) is 0 Å². The van der Waals surface area contributed by atoms with Crippen LogP contribution in [0.1, 0.15) is 18.1 Å². The second kappa shape index (κ2) is 8.19. The first-order valence-electron chi connectivity index (χ1n) is 7.46. The van der Waals surface area contributed by atoms with Gasteiger partial charge in [-0.25, -0.2) is 0 Å². The first kappa shape index (κ1) is 17.6. The van der Waals surface area contributed by atoms with E-state index in [0.717, 1.165) is 11.1 Å². The molecule has 0 saturated carbocycles. The van der Waals surface area contributed by atoms with Gasteiger partial charge in [-0.1, -0.05) is 29.8 Å². The lowest BCUT2D eigenvalue weighted by Crippen LogP contribution is -2.14. The Kier molecular flexibility index (Phi) is 6.00. The summed E-state index contributed by atoms with van der Waals surface area (Å²) in [5.41, 5.74) is 2.05. The second-order valence-electron chi connectivity index (χ2n) is 5.04. The summed E-state index contributed by atoms with van der Waals surface area (Å²) in [6, 6.07) is 14.4. The largest absolute Gasteiger partial charge is 0.494 e. The third kappa shape index (κ3) is 4.37. The molecule has 0 aliphatic heterocycles. The third-order valence-corrected chi connectivity index (χ3v) is 3.77. The van der Waals surface area contributed by atoms with E-state index in [4.69, 9.17) is 16.3 Å². The molecule has 2 rings (SSSR count). The van der Waals surface area contributed by atoms with E-state index >= 15 is 0 Å². The number of ether oxygens (including phenoxy) is 1. The topological polar surface area (TPSA) is 62.1 Å². The van der Waals surface area contributed by atoms with Gasteiger partial charge >= 0.3 is 0 Å². The van der Waals surface area contributed by atoms with E-state index in [1.54, 1.807) is 37.3 Å². The number of anilines is 1. The molecule has 5 heteroatoms. The summed E-state index contributed by atoms with van der Waals surface area (Å²) in [5.74, 6) is 0.208. The molecule has 0 aliphatic carbocycles. The maximum atomic E-state index is 12.3. The van der Waals surface area contributed by atoms with Crippen molar-refractivity contribution < 1.29 is 9.53 Å². The molecule has 1 N–H and O–H groups in total. The summed E-state index contributed by atoms with van der Waals surface area (Å²) in [6.45, 7) is 4.25. The van der Waals surface area contributed by atoms with Gasteiger partial charge in [-0.15, -0.1) is 0 Å². The van der Waals surface area contributed by atoms with Gasteiger partial charge in [0.2, 0.25) is 0 Å². The lowest BCUT2D eigenvalue weighted by atomic mass is 10.1. The predicted octanol–water partition coefficient (Wildman–Crippen LogP) is 4.59. The quantitative estimate of drug-likeness (QED) is 0.639. The monoisotopic (exact) mass is 340 g/mol. The van der Waals surface area contributed by atoms with Crippen LogP contribution in [0.25, 0.3) is 6.08 Å². The van der Waals surface area contributed by atoms with Gasteiger partial charge in [-0.2, -0.15) is 5.26 Å². The highest BCUT2D eigenvalue weighted by molar-refractivity contribution is 6.31. The highest BCUT2D eigenvalue weighted by Crippen LogP contribution is 2.23. The van der Waals surface area contributed by atoms with Gasteiger partial charge in [0.15, 0.2) is 0 Å². The van der Waals surface area contributed by atoms with Gasteiger partial charge in [0.1, 0.15) is 17.4 Å². The number of amides is 1. The number of halogens is 1. The summed E-state index contributed by atoms with van der Waals surface area (Å²) in [7, 11) is 0. The first-order valence-corrected chi connectivity index (χ1v) is 7.84. The third-order valence-electron chi connectivity index (χ3n) is 3.36. The van der Waals surface area contributed by atoms with Crippen molar-refractivity contribution in [1.82, 2.24) is 0 Å². The van der Waals surface area contributed by atoms with E-state index in [0.29, 0.717) is 23.1 Å². The Hall–Kier alpha value is -2.77. The lowest BCUT2D eigenvalue weighted by molar-refractivity contribution is -0.112. The maximum Gasteiger partial charge on any atom is 0.266 e. The van der Waals surface area contributed by atoms with E-state index in [2.05, 4.69) is 5.32 Å². The fourth-order valence-corrected chi connectivity index (χ4v) is 2.28. The summed E-state index contributed by atoms with van der Waals surface area (Å²) < 4.78 is 5.42. The van der Waals surface area contributed by atoms with Crippen LogP contribution >= 0.6 is 11.6 Å². The Balaban J connectivity index is 2.24. The smallest absolute Gasteiger partial charge is 0.266 e.